The summed E-state index contributed by atoms with van der Waals surface area (Å²) in [5.74, 6) is -2.23. The summed E-state index contributed by atoms with van der Waals surface area (Å²) >= 11 is 0. The van der Waals surface area contributed by atoms with Crippen molar-refractivity contribution in [3.8, 4) is 44.5 Å². The minimum atomic E-state index is -0.542. The Morgan fingerprint density at radius 2 is 0.489 bits per heavy atom. The zero-order valence-corrected chi connectivity index (χ0v) is 51.2. The van der Waals surface area contributed by atoms with Crippen LogP contribution in [0.25, 0.3) is 90.9 Å². The van der Waals surface area contributed by atoms with Gasteiger partial charge >= 0.3 is 0 Å². The number of nitrogens with two attached hydrogens (primary N) is 4. The fraction of sp³-hybridized carbons (Fsp3) is 0.100. The third-order valence-electron chi connectivity index (χ3n) is 17.5. The van der Waals surface area contributed by atoms with Gasteiger partial charge in [0.1, 0.15) is 23.1 Å². The van der Waals surface area contributed by atoms with Crippen LogP contribution in [0.3, 0.4) is 0 Å². The lowest BCUT2D eigenvalue weighted by Crippen LogP contribution is -2.11. The van der Waals surface area contributed by atoms with Gasteiger partial charge in [-0.15, -0.1) is 0 Å². The highest BCUT2D eigenvalue weighted by Crippen LogP contribution is 2.42. The van der Waals surface area contributed by atoms with E-state index in [4.69, 9.17) is 32.9 Å². The van der Waals surface area contributed by atoms with Crippen molar-refractivity contribution < 1.29 is 19.2 Å². The third kappa shape index (κ3) is 11.6. The second-order valence-corrected chi connectivity index (χ2v) is 23.8. The van der Waals surface area contributed by atoms with E-state index in [-0.39, 0.29) is 23.1 Å². The number of nitrogens with zero attached hydrogens (tertiary/aromatic N) is 2. The Morgan fingerprint density at radius 1 is 0.283 bits per heavy atom. The first-order valence-corrected chi connectivity index (χ1v) is 30.5. The van der Waals surface area contributed by atoms with E-state index >= 15 is 0 Å². The van der Waals surface area contributed by atoms with Gasteiger partial charge in [0.25, 0.3) is 0 Å². The van der Waals surface area contributed by atoms with Gasteiger partial charge in [-0.25, -0.2) is 9.97 Å². The van der Waals surface area contributed by atoms with Crippen molar-refractivity contribution in [1.29, 1.82) is 0 Å². The van der Waals surface area contributed by atoms with E-state index in [1.54, 1.807) is 27.7 Å². The molecule has 8 bridgehead atoms. The Bertz CT molecular complexity index is 4380. The molecule has 8 aromatic carbocycles. The maximum Gasteiger partial charge on any atom is 0.141 e. The molecule has 4 unspecified atom stereocenters. The minimum Gasteiger partial charge on any atom is -0.399 e. The van der Waals surface area contributed by atoms with Gasteiger partial charge < -0.3 is 32.9 Å². The summed E-state index contributed by atoms with van der Waals surface area (Å²) in [6, 6.07) is 70.3. The lowest BCUT2D eigenvalue weighted by Gasteiger charge is -2.16. The summed E-state index contributed by atoms with van der Waals surface area (Å²) in [5, 5.41) is 0. The predicted octanol–water partition coefficient (Wildman–Crippen LogP) is 16.5. The van der Waals surface area contributed by atoms with Crippen molar-refractivity contribution in [2.75, 3.05) is 22.9 Å². The third-order valence-corrected chi connectivity index (χ3v) is 17.5. The summed E-state index contributed by atoms with van der Waals surface area (Å²) in [5.41, 5.74) is 46.2. The van der Waals surface area contributed by atoms with Crippen LogP contribution in [-0.4, -0.2) is 43.1 Å². The maximum absolute atomic E-state index is 13.5. The smallest absolute Gasteiger partial charge is 0.141 e. The first-order chi connectivity index (χ1) is 44.5. The fourth-order valence-corrected chi connectivity index (χ4v) is 13.4. The molecule has 5 heterocycles. The Kier molecular flexibility index (Phi) is 15.9. The van der Waals surface area contributed by atoms with Crippen molar-refractivity contribution in [2.24, 2.45) is 0 Å². The Balaban J connectivity index is 1.07. The predicted molar refractivity (Wildman–Crippen MR) is 374 cm³/mol. The standard InChI is InChI=1S/C80H66N8O4/c1-45(89)73(57-9-5-13-61(81)41-57)49-17-25-53(26-18-49)77-65-33-35-67(85-65)78(54-27-19-50(20-28-54)74(46(2)90)58-10-6-14-62(82)42-58)69-37-39-71(87-69)80(56-31-23-52(24-32-56)76(48(4)92)60-12-8-16-64(84)44-60)72-40-38-70(88-72)79(68-36-34-66(77)86-68)55-29-21-51(22-30-55)75(47(3)91)59-11-7-15-63(83)43-59/h5-44,73-76,85,88H,81-84H2,1-4H3. The van der Waals surface area contributed by atoms with Crippen LogP contribution in [-0.2, 0) is 19.2 Å². The molecular formula is C80H66N8O4. The zero-order valence-electron chi connectivity index (χ0n) is 51.2. The number of H-pyrrole nitrogens is 2. The largest absolute Gasteiger partial charge is 0.399 e. The van der Waals surface area contributed by atoms with Crippen molar-refractivity contribution in [1.82, 2.24) is 19.9 Å². The van der Waals surface area contributed by atoms with E-state index in [2.05, 4.69) is 34.2 Å². The van der Waals surface area contributed by atoms with Crippen LogP contribution in [0.4, 0.5) is 22.7 Å². The van der Waals surface area contributed by atoms with E-state index in [0.29, 0.717) is 45.5 Å². The van der Waals surface area contributed by atoms with E-state index in [1.807, 2.05) is 218 Å². The number of rotatable bonds is 16. The average molecular weight is 1200 g/mol. The molecule has 12 nitrogen and oxygen atoms in total. The summed E-state index contributed by atoms with van der Waals surface area (Å²) in [7, 11) is 0. The molecule has 0 radical (unpaired) electrons. The van der Waals surface area contributed by atoms with Gasteiger partial charge in [-0.2, -0.15) is 0 Å². The topological polar surface area (TPSA) is 230 Å². The number of nitrogens with one attached hydrogen (secondary N) is 2. The van der Waals surface area contributed by atoms with Crippen molar-refractivity contribution in [3.63, 3.8) is 0 Å². The van der Waals surface area contributed by atoms with E-state index in [9.17, 15) is 19.2 Å². The van der Waals surface area contributed by atoms with Gasteiger partial charge in [-0.3, -0.25) is 19.2 Å². The van der Waals surface area contributed by atoms with Gasteiger partial charge in [-0.1, -0.05) is 146 Å². The van der Waals surface area contributed by atoms with Gasteiger partial charge in [0.2, 0.25) is 0 Å². The van der Waals surface area contributed by atoms with Crippen molar-refractivity contribution >= 4 is 92.3 Å². The van der Waals surface area contributed by atoms with Crippen LogP contribution in [0.15, 0.2) is 218 Å². The second-order valence-electron chi connectivity index (χ2n) is 23.8. The molecule has 450 valence electrons. The summed E-state index contributed by atoms with van der Waals surface area (Å²) in [6.07, 6.45) is 8.12. The molecule has 4 atom stereocenters. The van der Waals surface area contributed by atoms with Crippen molar-refractivity contribution in [2.45, 2.75) is 51.4 Å². The molecule has 2 aliphatic rings. The Morgan fingerprint density at radius 3 is 0.674 bits per heavy atom. The molecule has 13 rings (SSSR count). The molecule has 0 fully saturated rings. The SMILES string of the molecule is CC(=O)C(c1ccc(-c2c3nc(c(-c4ccc(C(C(C)=O)c5cccc(N)c5)cc4)c4ccc([nH]4)c(-c4ccc(C(C(C)=O)c5cccc(N)c5)cc4)c4nc(c(-c5ccc(C(C(C)=O)c6cccc(N)c6)cc5)c5ccc2[nH]5)C=C4)C=C3)cc1)c1cccc(N)c1. The molecular weight excluding hydrogens is 1140 g/mol. The molecule has 3 aromatic heterocycles. The van der Waals surface area contributed by atoms with E-state index in [1.165, 1.54) is 0 Å². The number of ketones is 4. The molecule has 12 heteroatoms. The molecule has 0 saturated carbocycles. The van der Waals surface area contributed by atoms with Crippen LogP contribution in [0, 0.1) is 0 Å². The maximum atomic E-state index is 13.5. The number of aromatic amines is 2. The number of hydrogen-bond acceptors (Lipinski definition) is 10. The molecule has 11 aromatic rings. The van der Waals surface area contributed by atoms with Gasteiger partial charge in [0, 0.05) is 67.1 Å². The lowest BCUT2D eigenvalue weighted by molar-refractivity contribution is -0.118. The Hall–Kier alpha value is -11.8. The second kappa shape index (κ2) is 24.7. The van der Waals surface area contributed by atoms with E-state index < -0.39 is 23.7 Å². The van der Waals surface area contributed by atoms with Crippen molar-refractivity contribution in [3.05, 3.63) is 286 Å². The number of aromatic nitrogens is 4. The number of anilines is 4. The molecule has 92 heavy (non-hydrogen) atoms. The monoisotopic (exact) mass is 1200 g/mol. The normalized spacial score (nSPS) is 13.1. The quantitative estimate of drug-likeness (QED) is 0.0501. The van der Waals surface area contributed by atoms with Crippen LogP contribution in [0.1, 0.15) is 119 Å². The van der Waals surface area contributed by atoms with Crippen LogP contribution in [0.5, 0.6) is 0 Å². The average Bonchev–Trinajstić information content (AvgIpc) is 1.87. The lowest BCUT2D eigenvalue weighted by atomic mass is 9.87. The number of Topliss-reactive ketones (excluding diaryl/α,β-unsaturated/α-hetero) is 4. The highest BCUT2D eigenvalue weighted by molar-refractivity contribution is 6.01. The number of benzene rings is 8. The number of hydrogen-bond donors (Lipinski definition) is 6. The molecule has 0 amide bonds. The number of carbonyl (C=O) groups excluding carboxylic acids is 4. The van der Waals surface area contributed by atoms with Crippen LogP contribution < -0.4 is 22.9 Å². The first-order valence-electron chi connectivity index (χ1n) is 30.5. The molecule has 0 aliphatic carbocycles. The van der Waals surface area contributed by atoms with Gasteiger partial charge in [-0.05, 0) is 192 Å². The van der Waals surface area contributed by atoms with Crippen LogP contribution in [0.2, 0.25) is 0 Å². The minimum absolute atomic E-state index is 0.0141. The number of fused-ring (bicyclic) bond motifs is 8. The highest BCUT2D eigenvalue weighted by atomic mass is 16.1. The first kappa shape index (κ1) is 59.2. The summed E-state index contributed by atoms with van der Waals surface area (Å²) < 4.78 is 0. The Labute approximate surface area is 533 Å². The molecule has 0 spiro atoms. The van der Waals surface area contributed by atoms with Crippen LogP contribution >= 0.6 is 0 Å². The highest BCUT2D eigenvalue weighted by Gasteiger charge is 2.26. The number of nitrogen functional groups attached to an aromatic ring is 4. The van der Waals surface area contributed by atoms with E-state index in [0.717, 1.165) is 111 Å². The van der Waals surface area contributed by atoms with Gasteiger partial charge in [0.05, 0.1) is 46.4 Å². The summed E-state index contributed by atoms with van der Waals surface area (Å²) in [4.78, 5) is 72.8. The molecule has 2 aliphatic heterocycles. The summed E-state index contributed by atoms with van der Waals surface area (Å²) in [6.45, 7) is 6.40. The zero-order chi connectivity index (χ0) is 63.9. The van der Waals surface area contributed by atoms with Gasteiger partial charge in [0.15, 0.2) is 0 Å². The number of carbonyl (C=O) groups is 4. The molecule has 0 saturated heterocycles. The fourth-order valence-electron chi connectivity index (χ4n) is 13.4. The molecule has 10 N–H and O–H groups in total.